The normalized spacial score (nSPS) is 19.6. The molecule has 12 nitrogen and oxygen atoms in total. The average Bonchev–Trinajstić information content (AvgIpc) is 3.36. The number of imide groups is 3. The number of thioether (sulfide) groups is 1. The lowest BCUT2D eigenvalue weighted by atomic mass is 9.83. The predicted molar refractivity (Wildman–Crippen MR) is 146 cm³/mol. The number of phenolic OH excluding ortho intramolecular Hbond substituents is 1. The molecule has 0 bridgehead atoms. The molecule has 1 aromatic heterocycles. The maximum atomic E-state index is 13.3. The van der Waals surface area contributed by atoms with Gasteiger partial charge in [0, 0.05) is 16.5 Å². The van der Waals surface area contributed by atoms with Crippen LogP contribution in [-0.2, 0) is 20.9 Å². The van der Waals surface area contributed by atoms with Gasteiger partial charge in [0.25, 0.3) is 5.91 Å². The molecule has 0 unspecified atom stereocenters. The van der Waals surface area contributed by atoms with E-state index in [2.05, 4.69) is 5.32 Å². The number of aromatic hydroxyl groups is 1. The number of carbonyl (C=O) groups excluding carboxylic acids is 4. The summed E-state index contributed by atoms with van der Waals surface area (Å²) in [6.07, 6.45) is 0. The monoisotopic (exact) mass is 584 g/mol. The van der Waals surface area contributed by atoms with Crippen LogP contribution in [0.3, 0.4) is 0 Å². The van der Waals surface area contributed by atoms with Gasteiger partial charge in [0.05, 0.1) is 24.7 Å². The van der Waals surface area contributed by atoms with Gasteiger partial charge in [0.1, 0.15) is 17.5 Å². The molecule has 2 aliphatic rings. The molecule has 1 saturated heterocycles. The fourth-order valence-electron chi connectivity index (χ4n) is 4.85. The topological polar surface area (TPSA) is 170 Å². The Morgan fingerprint density at radius 1 is 1.10 bits per heavy atom. The summed E-state index contributed by atoms with van der Waals surface area (Å²) in [6.45, 7) is 1.65. The van der Waals surface area contributed by atoms with Crippen LogP contribution in [0.5, 0.6) is 17.2 Å². The third kappa shape index (κ3) is 4.69. The van der Waals surface area contributed by atoms with Crippen molar-refractivity contribution in [2.24, 2.45) is 11.7 Å². The Bertz CT molecular complexity index is 1580. The number of fused-ring (bicyclic) bond motifs is 2. The number of hydrogen-bond donors (Lipinski definition) is 3. The molecule has 0 spiro atoms. The predicted octanol–water partition coefficient (Wildman–Crippen LogP) is 2.33. The molecule has 5 amide bonds. The molecule has 0 saturated carbocycles. The van der Waals surface area contributed by atoms with Crippen molar-refractivity contribution >= 4 is 52.5 Å². The molecule has 5 rings (SSSR count). The highest BCUT2D eigenvalue weighted by Gasteiger charge is 2.58. The van der Waals surface area contributed by atoms with Gasteiger partial charge in [0.2, 0.25) is 11.8 Å². The third-order valence-electron chi connectivity index (χ3n) is 6.59. The lowest BCUT2D eigenvalue weighted by Gasteiger charge is -2.31. The number of likely N-dealkylation sites (tertiary alicyclic amines) is 1. The molecule has 2 aromatic carbocycles. The number of ether oxygens (including phenoxy) is 2. The SMILES string of the molecule is CCOc1cc([C@@H]2c3sc(=O)n(CC(=O)Nc4ccc(OC)cc4)c3S[C@@H]3C(=O)N(C(N)=O)C(=O)[C@H]23)ccc1O. The number of rotatable bonds is 7. The highest BCUT2D eigenvalue weighted by Crippen LogP contribution is 2.53. The van der Waals surface area contributed by atoms with E-state index in [1.165, 1.54) is 23.8 Å². The van der Waals surface area contributed by atoms with E-state index in [0.717, 1.165) is 23.1 Å². The highest BCUT2D eigenvalue weighted by atomic mass is 32.2. The number of nitrogens with one attached hydrogen (secondary N) is 1. The van der Waals surface area contributed by atoms with E-state index in [1.54, 1.807) is 37.3 Å². The number of thiazole rings is 1. The zero-order valence-electron chi connectivity index (χ0n) is 21.3. The number of methoxy groups -OCH3 is 1. The summed E-state index contributed by atoms with van der Waals surface area (Å²) in [7, 11) is 1.52. The summed E-state index contributed by atoms with van der Waals surface area (Å²) in [4.78, 5) is 65.1. The molecule has 40 heavy (non-hydrogen) atoms. The van der Waals surface area contributed by atoms with Gasteiger partial charge < -0.3 is 25.6 Å². The molecule has 0 aliphatic carbocycles. The zero-order chi connectivity index (χ0) is 28.7. The number of nitrogens with zero attached hydrogens (tertiary/aromatic N) is 2. The second-order valence-electron chi connectivity index (χ2n) is 8.95. The van der Waals surface area contributed by atoms with Crippen molar-refractivity contribution in [3.63, 3.8) is 0 Å². The molecule has 14 heteroatoms. The zero-order valence-corrected chi connectivity index (χ0v) is 22.9. The summed E-state index contributed by atoms with van der Waals surface area (Å²) in [5.74, 6) is -3.29. The molecule has 0 radical (unpaired) electrons. The Labute approximate surface area is 235 Å². The molecular formula is C26H24N4O8S2. The number of carbonyl (C=O) groups is 4. The van der Waals surface area contributed by atoms with Crippen molar-refractivity contribution < 1.29 is 33.8 Å². The van der Waals surface area contributed by atoms with Crippen LogP contribution >= 0.6 is 23.1 Å². The van der Waals surface area contributed by atoms with Crippen LogP contribution in [0.2, 0.25) is 0 Å². The summed E-state index contributed by atoms with van der Waals surface area (Å²) in [6, 6.07) is 9.97. The smallest absolute Gasteiger partial charge is 0.328 e. The van der Waals surface area contributed by atoms with E-state index in [0.29, 0.717) is 31.8 Å². The largest absolute Gasteiger partial charge is 0.504 e. The van der Waals surface area contributed by atoms with Crippen molar-refractivity contribution in [1.82, 2.24) is 9.47 Å². The van der Waals surface area contributed by atoms with Crippen molar-refractivity contribution in [3.8, 4) is 17.2 Å². The van der Waals surface area contributed by atoms with Crippen LogP contribution in [0.4, 0.5) is 10.5 Å². The molecule has 3 atom stereocenters. The van der Waals surface area contributed by atoms with Crippen LogP contribution in [0.15, 0.2) is 52.3 Å². The maximum absolute atomic E-state index is 13.3. The second-order valence-corrected chi connectivity index (χ2v) is 11.1. The van der Waals surface area contributed by atoms with E-state index < -0.39 is 45.7 Å². The number of urea groups is 1. The summed E-state index contributed by atoms with van der Waals surface area (Å²) in [5, 5.41) is 12.2. The van der Waals surface area contributed by atoms with Crippen molar-refractivity contribution in [1.29, 1.82) is 0 Å². The van der Waals surface area contributed by atoms with Gasteiger partial charge in [-0.15, -0.1) is 0 Å². The number of anilines is 1. The van der Waals surface area contributed by atoms with Crippen LogP contribution < -0.4 is 25.4 Å². The fourth-order valence-corrected chi connectivity index (χ4v) is 7.62. The molecule has 3 aromatic rings. The van der Waals surface area contributed by atoms with Gasteiger partial charge in [-0.05, 0) is 48.9 Å². The number of phenols is 1. The molecule has 3 heterocycles. The van der Waals surface area contributed by atoms with Crippen molar-refractivity contribution in [2.45, 2.75) is 29.7 Å². The summed E-state index contributed by atoms with van der Waals surface area (Å²) >= 11 is 1.80. The average molecular weight is 585 g/mol. The standard InChI is InChI=1S/C26H24N4O8S2/c1-3-38-16-10-12(4-9-15(16)31)18-19-20(23(34)30(22(19)33)25(27)35)39-24-21(18)40-26(36)29(24)11-17(32)28-13-5-7-14(37-2)8-6-13/h4-10,18-20,31H,3,11H2,1-2H3,(H2,27,35)(H,28,32)/t18-,19+,20-/m0/s1. The van der Waals surface area contributed by atoms with Crippen molar-refractivity contribution in [3.05, 3.63) is 62.6 Å². The van der Waals surface area contributed by atoms with Crippen LogP contribution in [0.1, 0.15) is 23.3 Å². The number of benzene rings is 2. The van der Waals surface area contributed by atoms with Gasteiger partial charge in [-0.1, -0.05) is 29.2 Å². The van der Waals surface area contributed by atoms with Crippen LogP contribution in [-0.4, -0.2) is 57.3 Å². The lowest BCUT2D eigenvalue weighted by molar-refractivity contribution is -0.135. The Morgan fingerprint density at radius 2 is 1.82 bits per heavy atom. The van der Waals surface area contributed by atoms with E-state index in [-0.39, 0.29) is 24.7 Å². The van der Waals surface area contributed by atoms with Gasteiger partial charge in [0.15, 0.2) is 11.5 Å². The Kier molecular flexibility index (Phi) is 7.29. The minimum absolute atomic E-state index is 0.124. The van der Waals surface area contributed by atoms with E-state index >= 15 is 0 Å². The minimum Gasteiger partial charge on any atom is -0.504 e. The molecule has 4 N–H and O–H groups in total. The minimum atomic E-state index is -1.19. The van der Waals surface area contributed by atoms with Crippen molar-refractivity contribution in [2.75, 3.05) is 19.0 Å². The van der Waals surface area contributed by atoms with E-state index in [1.807, 2.05) is 0 Å². The molecular weight excluding hydrogens is 560 g/mol. The summed E-state index contributed by atoms with van der Waals surface area (Å²) in [5.41, 5.74) is 6.34. The van der Waals surface area contributed by atoms with Crippen LogP contribution in [0.25, 0.3) is 0 Å². The first-order chi connectivity index (χ1) is 19.1. The Balaban J connectivity index is 1.56. The Hall–Kier alpha value is -4.30. The first-order valence-corrected chi connectivity index (χ1v) is 13.8. The lowest BCUT2D eigenvalue weighted by Crippen LogP contribution is -2.41. The molecule has 208 valence electrons. The summed E-state index contributed by atoms with van der Waals surface area (Å²) < 4.78 is 11.9. The number of aromatic nitrogens is 1. The second kappa shape index (κ2) is 10.7. The van der Waals surface area contributed by atoms with Gasteiger partial charge in [-0.3, -0.25) is 23.7 Å². The quantitative estimate of drug-likeness (QED) is 0.353. The fraction of sp³-hybridized carbons (Fsp3) is 0.269. The molecule has 1 fully saturated rings. The number of primary amides is 1. The van der Waals surface area contributed by atoms with E-state index in [4.69, 9.17) is 15.2 Å². The van der Waals surface area contributed by atoms with Gasteiger partial charge in [-0.2, -0.15) is 4.90 Å². The van der Waals surface area contributed by atoms with Gasteiger partial charge in [-0.25, -0.2) is 4.79 Å². The maximum Gasteiger partial charge on any atom is 0.328 e. The Morgan fingerprint density at radius 3 is 2.48 bits per heavy atom. The number of hydrogen-bond acceptors (Lipinski definition) is 10. The van der Waals surface area contributed by atoms with Gasteiger partial charge >= 0.3 is 10.9 Å². The molecule has 2 aliphatic heterocycles. The first-order valence-electron chi connectivity index (χ1n) is 12.1. The number of amides is 5. The van der Waals surface area contributed by atoms with Crippen LogP contribution in [0, 0.1) is 5.92 Å². The highest BCUT2D eigenvalue weighted by molar-refractivity contribution is 8.00. The van der Waals surface area contributed by atoms with E-state index in [9.17, 15) is 29.1 Å². The first kappa shape index (κ1) is 27.3. The third-order valence-corrected chi connectivity index (χ3v) is 9.19. The number of nitrogens with two attached hydrogens (primary N) is 1.